The van der Waals surface area contributed by atoms with Gasteiger partial charge < -0.3 is 5.32 Å². The van der Waals surface area contributed by atoms with Crippen molar-refractivity contribution in [1.82, 2.24) is 4.90 Å². The van der Waals surface area contributed by atoms with E-state index in [4.69, 9.17) is 0 Å². The second-order valence-electron chi connectivity index (χ2n) is 6.40. The minimum Gasteiger partial charge on any atom is -0.322 e. The van der Waals surface area contributed by atoms with Gasteiger partial charge in [-0.3, -0.25) is 9.69 Å². The molecule has 3 nitrogen and oxygen atoms in total. The van der Waals surface area contributed by atoms with Gasteiger partial charge in [0.2, 0.25) is 5.91 Å². The first-order valence-corrected chi connectivity index (χ1v) is 8.12. The Morgan fingerprint density at radius 1 is 1.18 bits per heavy atom. The lowest BCUT2D eigenvalue weighted by Crippen LogP contribution is -2.49. The number of benzene rings is 1. The lowest BCUT2D eigenvalue weighted by atomic mass is 9.78. The summed E-state index contributed by atoms with van der Waals surface area (Å²) in [7, 11) is 0. The highest BCUT2D eigenvalue weighted by atomic mass is 19.1. The molecule has 1 amide bonds. The third-order valence-electron chi connectivity index (χ3n) is 4.91. The highest BCUT2D eigenvalue weighted by molar-refractivity contribution is 5.92. The van der Waals surface area contributed by atoms with E-state index in [1.54, 1.807) is 0 Å². The Hall–Kier alpha value is -1.49. The molecule has 1 N–H and O–H groups in total. The van der Waals surface area contributed by atoms with Crippen LogP contribution >= 0.6 is 0 Å². The number of nitrogens with zero attached hydrogens (tertiary/aromatic N) is 1. The van der Waals surface area contributed by atoms with Crippen molar-refractivity contribution in [2.24, 2.45) is 5.92 Å². The molecule has 0 radical (unpaired) electrons. The summed E-state index contributed by atoms with van der Waals surface area (Å²) in [4.78, 5) is 14.4. The fourth-order valence-electron chi connectivity index (χ4n) is 3.89. The van der Waals surface area contributed by atoms with Gasteiger partial charge in [0.1, 0.15) is 11.6 Å². The number of amides is 1. The molecule has 1 aromatic rings. The Morgan fingerprint density at radius 3 is 2.82 bits per heavy atom. The second kappa shape index (κ2) is 6.73. The van der Waals surface area contributed by atoms with E-state index >= 15 is 0 Å². The van der Waals surface area contributed by atoms with Crippen molar-refractivity contribution in [1.29, 1.82) is 0 Å². The molecule has 120 valence electrons. The van der Waals surface area contributed by atoms with Crippen LogP contribution in [0.25, 0.3) is 0 Å². The number of hydrogen-bond donors (Lipinski definition) is 1. The number of hydrogen-bond acceptors (Lipinski definition) is 2. The fourth-order valence-corrected chi connectivity index (χ4v) is 3.89. The Balaban J connectivity index is 1.62. The maximum Gasteiger partial charge on any atom is 0.238 e. The van der Waals surface area contributed by atoms with E-state index in [0.29, 0.717) is 12.0 Å². The summed E-state index contributed by atoms with van der Waals surface area (Å²) < 4.78 is 26.7. The van der Waals surface area contributed by atoms with Gasteiger partial charge >= 0.3 is 0 Å². The van der Waals surface area contributed by atoms with Crippen LogP contribution in [0, 0.1) is 17.6 Å². The molecule has 2 fully saturated rings. The van der Waals surface area contributed by atoms with E-state index < -0.39 is 11.6 Å². The highest BCUT2D eigenvalue weighted by Gasteiger charge is 2.33. The topological polar surface area (TPSA) is 32.3 Å². The first kappa shape index (κ1) is 15.4. The molecular weight excluding hydrogens is 286 g/mol. The molecule has 3 rings (SSSR count). The smallest absolute Gasteiger partial charge is 0.238 e. The van der Waals surface area contributed by atoms with Crippen molar-refractivity contribution in [3.63, 3.8) is 0 Å². The standard InChI is InChI=1S/C17H22F2N2O/c18-13-7-8-14(19)15(10-13)20-17(22)11-21-9-3-5-12-4-1-2-6-16(12)21/h7-8,10,12,16H,1-6,9,11H2,(H,20,22)/t12-,16+/m1/s1. The van der Waals surface area contributed by atoms with Crippen LogP contribution in [0.3, 0.4) is 0 Å². The van der Waals surface area contributed by atoms with E-state index in [-0.39, 0.29) is 18.1 Å². The number of likely N-dealkylation sites (tertiary alicyclic amines) is 1. The minimum atomic E-state index is -0.607. The summed E-state index contributed by atoms with van der Waals surface area (Å²) in [5.41, 5.74) is -0.0813. The van der Waals surface area contributed by atoms with Gasteiger partial charge in [-0.05, 0) is 50.3 Å². The van der Waals surface area contributed by atoms with Crippen LogP contribution in [0.1, 0.15) is 38.5 Å². The number of piperidine rings is 1. The molecule has 5 heteroatoms. The first-order valence-electron chi connectivity index (χ1n) is 8.12. The maximum atomic E-state index is 13.6. The molecule has 0 unspecified atom stereocenters. The van der Waals surface area contributed by atoms with Crippen LogP contribution < -0.4 is 5.32 Å². The van der Waals surface area contributed by atoms with Crippen LogP contribution in [-0.2, 0) is 4.79 Å². The summed E-state index contributed by atoms with van der Waals surface area (Å²) in [6.07, 6.45) is 7.27. The summed E-state index contributed by atoms with van der Waals surface area (Å²) in [5, 5.41) is 2.50. The number of carbonyl (C=O) groups excluding carboxylic acids is 1. The summed E-state index contributed by atoms with van der Waals surface area (Å²) >= 11 is 0. The van der Waals surface area contributed by atoms with Crippen molar-refractivity contribution in [2.75, 3.05) is 18.4 Å². The molecule has 1 heterocycles. The molecule has 1 aliphatic heterocycles. The van der Waals surface area contributed by atoms with Crippen LogP contribution in [0.4, 0.5) is 14.5 Å². The average Bonchev–Trinajstić information content (AvgIpc) is 2.51. The van der Waals surface area contributed by atoms with E-state index in [9.17, 15) is 13.6 Å². The van der Waals surface area contributed by atoms with Gasteiger partial charge in [0, 0.05) is 12.1 Å². The molecule has 1 saturated heterocycles. The third kappa shape index (κ3) is 3.46. The Labute approximate surface area is 129 Å². The maximum absolute atomic E-state index is 13.6. The van der Waals surface area contributed by atoms with E-state index in [1.165, 1.54) is 25.7 Å². The molecule has 0 aromatic heterocycles. The largest absolute Gasteiger partial charge is 0.322 e. The molecule has 1 aromatic carbocycles. The number of carbonyl (C=O) groups is 1. The molecule has 22 heavy (non-hydrogen) atoms. The zero-order chi connectivity index (χ0) is 15.5. The quantitative estimate of drug-likeness (QED) is 0.926. The Morgan fingerprint density at radius 2 is 1.95 bits per heavy atom. The van der Waals surface area contributed by atoms with Crippen LogP contribution in [0.2, 0.25) is 0 Å². The van der Waals surface area contributed by atoms with Crippen LogP contribution in [-0.4, -0.2) is 29.9 Å². The Bertz CT molecular complexity index is 547. The summed E-state index contributed by atoms with van der Waals surface area (Å²) in [6.45, 7) is 1.18. The van der Waals surface area contributed by atoms with Crippen molar-refractivity contribution in [2.45, 2.75) is 44.6 Å². The third-order valence-corrected chi connectivity index (χ3v) is 4.91. The summed E-state index contributed by atoms with van der Waals surface area (Å²) in [5.74, 6) is -0.733. The van der Waals surface area contributed by atoms with Gasteiger partial charge in [0.15, 0.2) is 0 Å². The van der Waals surface area contributed by atoms with Crippen molar-refractivity contribution in [3.05, 3.63) is 29.8 Å². The molecular formula is C17H22F2N2O. The van der Waals surface area contributed by atoms with E-state index in [1.807, 2.05) is 0 Å². The number of fused-ring (bicyclic) bond motifs is 1. The van der Waals surface area contributed by atoms with Crippen LogP contribution in [0.15, 0.2) is 18.2 Å². The molecule has 0 bridgehead atoms. The van der Waals surface area contributed by atoms with E-state index in [2.05, 4.69) is 10.2 Å². The van der Waals surface area contributed by atoms with Gasteiger partial charge in [-0.25, -0.2) is 8.78 Å². The lowest BCUT2D eigenvalue weighted by molar-refractivity contribution is -0.119. The van der Waals surface area contributed by atoms with Crippen molar-refractivity contribution < 1.29 is 13.6 Å². The normalized spacial score (nSPS) is 25.5. The monoisotopic (exact) mass is 308 g/mol. The number of anilines is 1. The van der Waals surface area contributed by atoms with Gasteiger partial charge in [-0.2, -0.15) is 0 Å². The fraction of sp³-hybridized carbons (Fsp3) is 0.588. The molecule has 0 spiro atoms. The average molecular weight is 308 g/mol. The Kier molecular flexibility index (Phi) is 4.71. The number of rotatable bonds is 3. The molecule has 1 aliphatic carbocycles. The van der Waals surface area contributed by atoms with Crippen molar-refractivity contribution >= 4 is 11.6 Å². The van der Waals surface area contributed by atoms with Crippen LogP contribution in [0.5, 0.6) is 0 Å². The molecule has 2 atom stereocenters. The predicted octanol–water partition coefficient (Wildman–Crippen LogP) is 3.56. The van der Waals surface area contributed by atoms with Gasteiger partial charge in [0.05, 0.1) is 12.2 Å². The van der Waals surface area contributed by atoms with Gasteiger partial charge in [-0.1, -0.05) is 12.8 Å². The van der Waals surface area contributed by atoms with Gasteiger partial charge in [0.25, 0.3) is 0 Å². The highest BCUT2D eigenvalue weighted by Crippen LogP contribution is 2.35. The summed E-state index contributed by atoms with van der Waals surface area (Å²) in [6, 6.07) is 3.57. The predicted molar refractivity (Wildman–Crippen MR) is 81.5 cm³/mol. The lowest BCUT2D eigenvalue weighted by Gasteiger charge is -2.43. The first-order chi connectivity index (χ1) is 10.6. The zero-order valence-electron chi connectivity index (χ0n) is 12.7. The second-order valence-corrected chi connectivity index (χ2v) is 6.40. The minimum absolute atomic E-state index is 0.0813. The number of nitrogens with one attached hydrogen (secondary N) is 1. The zero-order valence-corrected chi connectivity index (χ0v) is 12.7. The molecule has 1 saturated carbocycles. The van der Waals surface area contributed by atoms with Gasteiger partial charge in [-0.15, -0.1) is 0 Å². The van der Waals surface area contributed by atoms with E-state index in [0.717, 1.165) is 37.6 Å². The molecule has 2 aliphatic rings. The number of halogens is 2. The van der Waals surface area contributed by atoms with Crippen molar-refractivity contribution in [3.8, 4) is 0 Å². The SMILES string of the molecule is O=C(CN1CCC[C@H]2CCCC[C@@H]21)Nc1cc(F)ccc1F.